The Labute approximate surface area is 139 Å². The zero-order chi connectivity index (χ0) is 17.6. The van der Waals surface area contributed by atoms with Crippen LogP contribution in [0.4, 0.5) is 4.79 Å². The minimum atomic E-state index is -3.79. The van der Waals surface area contributed by atoms with Crippen molar-refractivity contribution in [2.24, 2.45) is 5.92 Å². The zero-order valence-electron chi connectivity index (χ0n) is 12.9. The fraction of sp³-hybridized carbons (Fsp3) is 0.467. The maximum absolute atomic E-state index is 12.5. The van der Waals surface area contributed by atoms with Crippen molar-refractivity contribution in [2.45, 2.75) is 42.8 Å². The van der Waals surface area contributed by atoms with Crippen molar-refractivity contribution in [3.05, 3.63) is 29.8 Å². The molecule has 130 valence electrons. The van der Waals surface area contributed by atoms with E-state index in [1.54, 1.807) is 12.1 Å². The highest BCUT2D eigenvalue weighted by Crippen LogP contribution is 2.43. The lowest BCUT2D eigenvalue weighted by Gasteiger charge is -2.35. The highest BCUT2D eigenvalue weighted by molar-refractivity contribution is 7.89. The summed E-state index contributed by atoms with van der Waals surface area (Å²) < 4.78 is 27.5. The lowest BCUT2D eigenvalue weighted by molar-refractivity contribution is -0.144. The van der Waals surface area contributed by atoms with Crippen molar-refractivity contribution in [1.29, 1.82) is 0 Å². The van der Waals surface area contributed by atoms with Crippen LogP contribution in [0.25, 0.3) is 0 Å². The molecule has 2 bridgehead atoms. The molecule has 2 aliphatic rings. The van der Waals surface area contributed by atoms with Crippen LogP contribution in [-0.2, 0) is 14.8 Å². The SMILES string of the molecule is Cc1ccc(S(=O)(=O)N[C@@H]2C[C@@H]3C[C@H]2N(C(=O)O)[C@@H]3C(=O)O)cc1. The third-order valence-electron chi connectivity index (χ3n) is 4.78. The number of sulfonamides is 1. The number of piperidine rings is 1. The van der Waals surface area contributed by atoms with E-state index in [2.05, 4.69) is 4.72 Å². The van der Waals surface area contributed by atoms with Gasteiger partial charge >= 0.3 is 12.1 Å². The van der Waals surface area contributed by atoms with Crippen LogP contribution in [0.2, 0.25) is 0 Å². The van der Waals surface area contributed by atoms with Gasteiger partial charge in [0.05, 0.1) is 10.9 Å². The Morgan fingerprint density at radius 2 is 1.79 bits per heavy atom. The molecule has 1 heterocycles. The summed E-state index contributed by atoms with van der Waals surface area (Å²) in [6.45, 7) is 1.84. The predicted octanol–water partition coefficient (Wildman–Crippen LogP) is 0.867. The number of amides is 1. The summed E-state index contributed by atoms with van der Waals surface area (Å²) in [5.74, 6) is -1.57. The van der Waals surface area contributed by atoms with E-state index in [0.29, 0.717) is 12.8 Å². The number of nitrogens with zero attached hydrogens (tertiary/aromatic N) is 1. The van der Waals surface area contributed by atoms with Crippen LogP contribution in [0.3, 0.4) is 0 Å². The maximum Gasteiger partial charge on any atom is 0.408 e. The number of carboxylic acids is 1. The Kier molecular flexibility index (Phi) is 4.00. The Morgan fingerprint density at radius 3 is 2.33 bits per heavy atom. The minimum Gasteiger partial charge on any atom is -0.480 e. The van der Waals surface area contributed by atoms with Crippen LogP contribution >= 0.6 is 0 Å². The van der Waals surface area contributed by atoms with Gasteiger partial charge in [-0.25, -0.2) is 22.7 Å². The van der Waals surface area contributed by atoms with Crippen LogP contribution < -0.4 is 4.72 Å². The molecule has 0 spiro atoms. The molecule has 24 heavy (non-hydrogen) atoms. The number of hydrogen-bond donors (Lipinski definition) is 3. The van der Waals surface area contributed by atoms with E-state index in [4.69, 9.17) is 0 Å². The fourth-order valence-corrected chi connectivity index (χ4v) is 5.03. The van der Waals surface area contributed by atoms with Crippen molar-refractivity contribution < 1.29 is 28.2 Å². The van der Waals surface area contributed by atoms with Crippen LogP contribution in [0, 0.1) is 12.8 Å². The maximum atomic E-state index is 12.5. The number of aryl methyl sites for hydroxylation is 1. The molecule has 1 aromatic carbocycles. The largest absolute Gasteiger partial charge is 0.480 e. The zero-order valence-corrected chi connectivity index (χ0v) is 13.7. The van der Waals surface area contributed by atoms with Gasteiger partial charge in [-0.1, -0.05) is 17.7 Å². The number of hydrogen-bond acceptors (Lipinski definition) is 4. The lowest BCUT2D eigenvalue weighted by Crippen LogP contribution is -2.57. The molecule has 0 unspecified atom stereocenters. The Morgan fingerprint density at radius 1 is 1.17 bits per heavy atom. The second kappa shape index (κ2) is 5.75. The molecule has 1 aliphatic heterocycles. The summed E-state index contributed by atoms with van der Waals surface area (Å²) in [6.07, 6.45) is -0.671. The molecule has 3 N–H and O–H groups in total. The molecule has 1 saturated heterocycles. The summed E-state index contributed by atoms with van der Waals surface area (Å²) in [4.78, 5) is 23.7. The predicted molar refractivity (Wildman–Crippen MR) is 83.1 cm³/mol. The van der Waals surface area contributed by atoms with E-state index in [0.717, 1.165) is 10.5 Å². The number of carboxylic acid groups (broad SMARTS) is 2. The Hall–Kier alpha value is -2.13. The van der Waals surface area contributed by atoms with Crippen molar-refractivity contribution in [3.8, 4) is 0 Å². The minimum absolute atomic E-state index is 0.104. The van der Waals surface area contributed by atoms with Crippen molar-refractivity contribution >= 4 is 22.1 Å². The van der Waals surface area contributed by atoms with E-state index in [9.17, 15) is 28.2 Å². The Bertz CT molecular complexity index is 776. The van der Waals surface area contributed by atoms with Crippen LogP contribution in [-0.4, -0.2) is 53.7 Å². The van der Waals surface area contributed by atoms with E-state index in [-0.39, 0.29) is 10.8 Å². The molecule has 1 amide bonds. The number of rotatable bonds is 4. The van der Waals surface area contributed by atoms with Crippen LogP contribution in [0.15, 0.2) is 29.2 Å². The summed E-state index contributed by atoms with van der Waals surface area (Å²) in [7, 11) is -3.79. The third kappa shape index (κ3) is 2.73. The molecule has 8 nitrogen and oxygen atoms in total. The van der Waals surface area contributed by atoms with Gasteiger partial charge in [0.1, 0.15) is 6.04 Å². The van der Waals surface area contributed by atoms with E-state index in [1.807, 2.05) is 6.92 Å². The standard InChI is InChI=1S/C15H18N2O6S/c1-8-2-4-10(5-3-8)24(22,23)16-11-6-9-7-12(11)17(15(20)21)13(9)14(18)19/h2-5,9,11-13,16H,6-7H2,1H3,(H,18,19)(H,20,21)/t9-,11-,12-,13+/m1/s1. The first kappa shape index (κ1) is 16.7. The summed E-state index contributed by atoms with van der Waals surface area (Å²) in [6, 6.07) is 3.95. The van der Waals surface area contributed by atoms with Gasteiger partial charge in [0.25, 0.3) is 0 Å². The quantitative estimate of drug-likeness (QED) is 0.737. The molecule has 9 heteroatoms. The number of fused-ring (bicyclic) bond motifs is 2. The highest BCUT2D eigenvalue weighted by Gasteiger charge is 2.56. The normalized spacial score (nSPS) is 29.0. The van der Waals surface area contributed by atoms with Gasteiger partial charge in [0, 0.05) is 6.04 Å². The van der Waals surface area contributed by atoms with Crippen molar-refractivity contribution in [3.63, 3.8) is 0 Å². The number of nitrogens with one attached hydrogen (secondary N) is 1. The van der Waals surface area contributed by atoms with E-state index >= 15 is 0 Å². The molecular weight excluding hydrogens is 336 g/mol. The first-order chi connectivity index (χ1) is 11.2. The van der Waals surface area contributed by atoms with Crippen molar-refractivity contribution in [1.82, 2.24) is 9.62 Å². The fourth-order valence-electron chi connectivity index (χ4n) is 3.75. The summed E-state index contributed by atoms with van der Waals surface area (Å²) in [5.41, 5.74) is 0.926. The van der Waals surface area contributed by atoms with Gasteiger partial charge in [0.15, 0.2) is 0 Å². The first-order valence-electron chi connectivity index (χ1n) is 7.54. The smallest absolute Gasteiger partial charge is 0.408 e. The molecular formula is C15H18N2O6S. The van der Waals surface area contributed by atoms with Gasteiger partial charge in [-0.15, -0.1) is 0 Å². The highest BCUT2D eigenvalue weighted by atomic mass is 32.2. The summed E-state index contributed by atoms with van der Waals surface area (Å²) >= 11 is 0. The number of likely N-dealkylation sites (tertiary alicyclic amines) is 1. The monoisotopic (exact) mass is 354 g/mol. The van der Waals surface area contributed by atoms with Gasteiger partial charge in [0.2, 0.25) is 10.0 Å². The average Bonchev–Trinajstić information content (AvgIpc) is 3.04. The molecule has 1 saturated carbocycles. The topological polar surface area (TPSA) is 124 Å². The second-order valence-corrected chi connectivity index (χ2v) is 8.03. The van der Waals surface area contributed by atoms with Gasteiger partial charge in [-0.05, 0) is 37.8 Å². The molecule has 0 radical (unpaired) electrons. The summed E-state index contributed by atoms with van der Waals surface area (Å²) in [5, 5.41) is 18.5. The van der Waals surface area contributed by atoms with Gasteiger partial charge < -0.3 is 10.2 Å². The van der Waals surface area contributed by atoms with E-state index in [1.165, 1.54) is 12.1 Å². The number of benzene rings is 1. The molecule has 0 aromatic heterocycles. The molecule has 1 aromatic rings. The van der Waals surface area contributed by atoms with E-state index < -0.39 is 40.2 Å². The van der Waals surface area contributed by atoms with Gasteiger partial charge in [-0.2, -0.15) is 0 Å². The van der Waals surface area contributed by atoms with Crippen molar-refractivity contribution in [2.75, 3.05) is 0 Å². The number of aliphatic carboxylic acids is 1. The Balaban J connectivity index is 1.81. The average molecular weight is 354 g/mol. The van der Waals surface area contributed by atoms with Crippen LogP contribution in [0.5, 0.6) is 0 Å². The first-order valence-corrected chi connectivity index (χ1v) is 9.02. The van der Waals surface area contributed by atoms with Gasteiger partial charge in [-0.3, -0.25) is 4.90 Å². The van der Waals surface area contributed by atoms with Crippen LogP contribution in [0.1, 0.15) is 18.4 Å². The third-order valence-corrected chi connectivity index (χ3v) is 6.29. The number of carbonyl (C=O) groups is 2. The lowest BCUT2D eigenvalue weighted by atomic mass is 9.97. The molecule has 3 rings (SSSR count). The molecule has 2 fully saturated rings. The molecule has 1 aliphatic carbocycles. The second-order valence-electron chi connectivity index (χ2n) is 6.31. The molecule has 4 atom stereocenters.